The zero-order chi connectivity index (χ0) is 15.5. The Morgan fingerprint density at radius 2 is 2.09 bits per heavy atom. The van der Waals surface area contributed by atoms with Crippen LogP contribution in [0, 0.1) is 11.3 Å². The van der Waals surface area contributed by atoms with E-state index in [4.69, 9.17) is 10.4 Å². The van der Waals surface area contributed by atoms with Crippen LogP contribution in [0.3, 0.4) is 0 Å². The summed E-state index contributed by atoms with van der Waals surface area (Å²) in [6, 6.07) is 13.7. The fourth-order valence-electron chi connectivity index (χ4n) is 2.89. The Balaban J connectivity index is 1.86. The standard InChI is InChI=1S/C18H16N2O2/c19-12-14-4-7-15-6-3-13(10-16(15)11-14)5-8-17-2-1-9-20(17)18(21)22/h3-8,10-11,17H,1-2,9H2,(H,21,22)/t17-/m0/s1. The van der Waals surface area contributed by atoms with Crippen molar-refractivity contribution >= 4 is 22.9 Å². The number of nitrogens with zero attached hydrogens (tertiary/aromatic N) is 2. The van der Waals surface area contributed by atoms with Crippen molar-refractivity contribution in [3.63, 3.8) is 0 Å². The van der Waals surface area contributed by atoms with E-state index in [1.165, 1.54) is 4.90 Å². The smallest absolute Gasteiger partial charge is 0.407 e. The molecule has 1 aliphatic heterocycles. The van der Waals surface area contributed by atoms with Crippen LogP contribution in [0.5, 0.6) is 0 Å². The van der Waals surface area contributed by atoms with Gasteiger partial charge in [0.15, 0.2) is 0 Å². The summed E-state index contributed by atoms with van der Waals surface area (Å²) in [4.78, 5) is 12.6. The molecule has 2 aromatic carbocycles. The molecule has 4 heteroatoms. The van der Waals surface area contributed by atoms with E-state index < -0.39 is 6.09 Å². The average molecular weight is 292 g/mol. The molecule has 1 amide bonds. The number of fused-ring (bicyclic) bond motifs is 1. The number of likely N-dealkylation sites (tertiary alicyclic amines) is 1. The summed E-state index contributed by atoms with van der Waals surface area (Å²) in [6.45, 7) is 0.605. The van der Waals surface area contributed by atoms with E-state index in [0.717, 1.165) is 29.2 Å². The van der Waals surface area contributed by atoms with Crippen LogP contribution in [-0.2, 0) is 0 Å². The first-order valence-corrected chi connectivity index (χ1v) is 7.29. The molecule has 0 bridgehead atoms. The second-order valence-electron chi connectivity index (χ2n) is 5.48. The molecule has 0 aliphatic carbocycles. The normalized spacial score (nSPS) is 18.0. The van der Waals surface area contributed by atoms with E-state index in [1.54, 1.807) is 6.07 Å². The van der Waals surface area contributed by atoms with Gasteiger partial charge in [0.1, 0.15) is 0 Å². The molecular formula is C18H16N2O2. The zero-order valence-electron chi connectivity index (χ0n) is 12.1. The van der Waals surface area contributed by atoms with Crippen molar-refractivity contribution < 1.29 is 9.90 Å². The minimum Gasteiger partial charge on any atom is -0.465 e. The molecule has 1 fully saturated rings. The molecule has 1 atom stereocenters. The Labute approximate surface area is 128 Å². The maximum absolute atomic E-state index is 11.1. The van der Waals surface area contributed by atoms with Gasteiger partial charge >= 0.3 is 6.09 Å². The van der Waals surface area contributed by atoms with E-state index in [-0.39, 0.29) is 6.04 Å². The van der Waals surface area contributed by atoms with E-state index in [0.29, 0.717) is 12.1 Å². The Bertz CT molecular complexity index is 789. The molecule has 0 radical (unpaired) electrons. The van der Waals surface area contributed by atoms with Crippen molar-refractivity contribution in [3.8, 4) is 6.07 Å². The number of amides is 1. The van der Waals surface area contributed by atoms with Crippen molar-refractivity contribution in [3.05, 3.63) is 53.6 Å². The third kappa shape index (κ3) is 2.79. The summed E-state index contributed by atoms with van der Waals surface area (Å²) in [5.74, 6) is 0. The highest BCUT2D eigenvalue weighted by molar-refractivity contribution is 5.86. The van der Waals surface area contributed by atoms with Gasteiger partial charge in [0.05, 0.1) is 17.7 Å². The van der Waals surface area contributed by atoms with E-state index in [2.05, 4.69) is 6.07 Å². The molecule has 4 nitrogen and oxygen atoms in total. The Morgan fingerprint density at radius 3 is 2.86 bits per heavy atom. The van der Waals surface area contributed by atoms with Gasteiger partial charge in [-0.2, -0.15) is 5.26 Å². The minimum absolute atomic E-state index is 0.0429. The molecule has 0 spiro atoms. The monoisotopic (exact) mass is 292 g/mol. The minimum atomic E-state index is -0.857. The molecule has 1 N–H and O–H groups in total. The highest BCUT2D eigenvalue weighted by Gasteiger charge is 2.25. The lowest BCUT2D eigenvalue weighted by Gasteiger charge is -2.17. The fraction of sp³-hybridized carbons (Fsp3) is 0.222. The van der Waals surface area contributed by atoms with Gasteiger partial charge in [-0.05, 0) is 47.4 Å². The zero-order valence-corrected chi connectivity index (χ0v) is 12.1. The fourth-order valence-corrected chi connectivity index (χ4v) is 2.89. The predicted octanol–water partition coefficient (Wildman–Crippen LogP) is 3.87. The number of hydrogen-bond donors (Lipinski definition) is 1. The van der Waals surface area contributed by atoms with E-state index in [9.17, 15) is 4.79 Å². The van der Waals surface area contributed by atoms with Crippen molar-refractivity contribution in [1.29, 1.82) is 5.26 Å². The number of rotatable bonds is 2. The number of hydrogen-bond acceptors (Lipinski definition) is 2. The van der Waals surface area contributed by atoms with E-state index in [1.807, 2.05) is 42.5 Å². The average Bonchev–Trinajstić information content (AvgIpc) is 3.01. The molecule has 0 saturated carbocycles. The van der Waals surface area contributed by atoms with Crippen LogP contribution in [0.15, 0.2) is 42.5 Å². The van der Waals surface area contributed by atoms with Crippen LogP contribution >= 0.6 is 0 Å². The van der Waals surface area contributed by atoms with Gasteiger partial charge in [0.25, 0.3) is 0 Å². The lowest BCUT2D eigenvalue weighted by atomic mass is 10.0. The summed E-state index contributed by atoms with van der Waals surface area (Å²) >= 11 is 0. The number of benzene rings is 2. The summed E-state index contributed by atoms with van der Waals surface area (Å²) < 4.78 is 0. The van der Waals surface area contributed by atoms with E-state index >= 15 is 0 Å². The van der Waals surface area contributed by atoms with Gasteiger partial charge < -0.3 is 10.0 Å². The summed E-state index contributed by atoms with van der Waals surface area (Å²) in [5.41, 5.74) is 1.65. The summed E-state index contributed by atoms with van der Waals surface area (Å²) in [6.07, 6.45) is 4.84. The summed E-state index contributed by atoms with van der Waals surface area (Å²) in [7, 11) is 0. The molecule has 22 heavy (non-hydrogen) atoms. The first-order chi connectivity index (χ1) is 10.7. The van der Waals surface area contributed by atoms with Gasteiger partial charge in [-0.25, -0.2) is 4.79 Å². The highest BCUT2D eigenvalue weighted by atomic mass is 16.4. The number of nitriles is 1. The third-order valence-corrected chi connectivity index (χ3v) is 4.05. The second kappa shape index (κ2) is 5.90. The Kier molecular flexibility index (Phi) is 3.80. The first kappa shape index (κ1) is 14.2. The molecule has 3 rings (SSSR count). The van der Waals surface area contributed by atoms with Gasteiger partial charge in [0.2, 0.25) is 0 Å². The molecule has 2 aromatic rings. The molecule has 110 valence electrons. The highest BCUT2D eigenvalue weighted by Crippen LogP contribution is 2.21. The van der Waals surface area contributed by atoms with Crippen molar-refractivity contribution in [1.82, 2.24) is 4.90 Å². The van der Waals surface area contributed by atoms with Crippen LogP contribution in [0.25, 0.3) is 16.8 Å². The number of carbonyl (C=O) groups is 1. The van der Waals surface area contributed by atoms with Crippen molar-refractivity contribution in [2.45, 2.75) is 18.9 Å². The molecule has 1 aliphatic rings. The Morgan fingerprint density at radius 1 is 1.27 bits per heavy atom. The second-order valence-corrected chi connectivity index (χ2v) is 5.48. The van der Waals surface area contributed by atoms with Crippen molar-refractivity contribution in [2.75, 3.05) is 6.54 Å². The van der Waals surface area contributed by atoms with Gasteiger partial charge in [0, 0.05) is 6.54 Å². The molecular weight excluding hydrogens is 276 g/mol. The lowest BCUT2D eigenvalue weighted by Crippen LogP contribution is -2.32. The number of carboxylic acid groups (broad SMARTS) is 1. The van der Waals surface area contributed by atoms with Gasteiger partial charge in [-0.1, -0.05) is 30.4 Å². The first-order valence-electron chi connectivity index (χ1n) is 7.29. The van der Waals surface area contributed by atoms with Crippen molar-refractivity contribution in [2.24, 2.45) is 0 Å². The van der Waals surface area contributed by atoms with Crippen LogP contribution in [0.2, 0.25) is 0 Å². The Hall–Kier alpha value is -2.80. The van der Waals surface area contributed by atoms with Crippen LogP contribution < -0.4 is 0 Å². The maximum atomic E-state index is 11.1. The quantitative estimate of drug-likeness (QED) is 0.913. The topological polar surface area (TPSA) is 64.3 Å². The lowest BCUT2D eigenvalue weighted by molar-refractivity contribution is 0.147. The molecule has 0 unspecified atom stereocenters. The van der Waals surface area contributed by atoms with Crippen LogP contribution in [0.4, 0.5) is 4.79 Å². The van der Waals surface area contributed by atoms with Crippen LogP contribution in [-0.4, -0.2) is 28.7 Å². The summed E-state index contributed by atoms with van der Waals surface area (Å²) in [5, 5.41) is 20.2. The molecule has 1 heterocycles. The van der Waals surface area contributed by atoms with Gasteiger partial charge in [-0.15, -0.1) is 0 Å². The molecule has 0 aromatic heterocycles. The third-order valence-electron chi connectivity index (χ3n) is 4.05. The SMILES string of the molecule is N#Cc1ccc2ccc(C=C[C@@H]3CCCN3C(=O)O)cc2c1. The van der Waals surface area contributed by atoms with Crippen LogP contribution in [0.1, 0.15) is 24.0 Å². The molecule has 1 saturated heterocycles. The van der Waals surface area contributed by atoms with Gasteiger partial charge in [-0.3, -0.25) is 0 Å². The largest absolute Gasteiger partial charge is 0.465 e. The predicted molar refractivity (Wildman–Crippen MR) is 85.4 cm³/mol. The maximum Gasteiger partial charge on any atom is 0.407 e.